The number of esters is 1. The average Bonchev–Trinajstić information content (AvgIpc) is 2.13. The van der Waals surface area contributed by atoms with Gasteiger partial charge in [0.2, 0.25) is 0 Å². The fraction of sp³-hybridized carbons (Fsp3) is 0.500. The maximum Gasteiger partial charge on any atom is 0.338 e. The van der Waals surface area contributed by atoms with E-state index in [4.69, 9.17) is 4.74 Å². The van der Waals surface area contributed by atoms with Crippen molar-refractivity contribution in [1.82, 2.24) is 5.32 Å². The zero-order valence-electron chi connectivity index (χ0n) is 10.6. The molecular formula is C14H19NO2. The Morgan fingerprint density at radius 2 is 1.94 bits per heavy atom. The molecule has 1 N–H and O–H groups in total. The van der Waals surface area contributed by atoms with Crippen LogP contribution in [0, 0.1) is 0 Å². The molecule has 0 amide bonds. The number of nitrogens with one attached hydrogen (secondary N) is 1. The zero-order chi connectivity index (χ0) is 12.5. The predicted octanol–water partition coefficient (Wildman–Crippen LogP) is 2.33. The number of hydrogen-bond donors (Lipinski definition) is 1. The lowest BCUT2D eigenvalue weighted by Crippen LogP contribution is -2.40. The normalized spacial score (nSPS) is 16.4. The van der Waals surface area contributed by atoms with E-state index in [1.165, 1.54) is 0 Å². The molecule has 0 unspecified atom stereocenters. The van der Waals surface area contributed by atoms with Crippen molar-refractivity contribution in [2.24, 2.45) is 0 Å². The van der Waals surface area contributed by atoms with Gasteiger partial charge in [-0.1, -0.05) is 18.2 Å². The zero-order valence-corrected chi connectivity index (χ0v) is 10.6. The van der Waals surface area contributed by atoms with Crippen LogP contribution in [0.3, 0.4) is 0 Å². The topological polar surface area (TPSA) is 38.3 Å². The molecule has 1 heterocycles. The maximum absolute atomic E-state index is 12.1. The van der Waals surface area contributed by atoms with E-state index in [0.717, 1.165) is 18.7 Å². The fourth-order valence-corrected chi connectivity index (χ4v) is 1.88. The van der Waals surface area contributed by atoms with Crippen molar-refractivity contribution in [3.8, 4) is 0 Å². The van der Waals surface area contributed by atoms with Crippen molar-refractivity contribution in [2.45, 2.75) is 32.3 Å². The standard InChI is InChI=1S/C14H19NO2/c1-14(2,3)17-13(16)12-7-5-4-6-11(12)10-8-15-9-10/h4-7,10,15H,8-9H2,1-3H3. The molecular weight excluding hydrogens is 214 g/mol. The number of ether oxygens (including phenoxy) is 1. The molecule has 17 heavy (non-hydrogen) atoms. The largest absolute Gasteiger partial charge is 0.456 e. The third-order valence-electron chi connectivity index (χ3n) is 2.80. The minimum atomic E-state index is -0.442. The van der Waals surface area contributed by atoms with E-state index in [1.807, 2.05) is 45.0 Å². The minimum Gasteiger partial charge on any atom is -0.456 e. The van der Waals surface area contributed by atoms with Crippen molar-refractivity contribution in [3.63, 3.8) is 0 Å². The van der Waals surface area contributed by atoms with Crippen molar-refractivity contribution >= 4 is 5.97 Å². The Morgan fingerprint density at radius 1 is 1.29 bits per heavy atom. The first kappa shape index (κ1) is 12.1. The molecule has 1 saturated heterocycles. The van der Waals surface area contributed by atoms with Crippen molar-refractivity contribution in [2.75, 3.05) is 13.1 Å². The summed E-state index contributed by atoms with van der Waals surface area (Å²) in [7, 11) is 0. The Labute approximate surface area is 102 Å². The van der Waals surface area contributed by atoms with Crippen LogP contribution in [0.1, 0.15) is 42.6 Å². The summed E-state index contributed by atoms with van der Waals surface area (Å²) in [5.74, 6) is 0.221. The number of carbonyl (C=O) groups excluding carboxylic acids is 1. The van der Waals surface area contributed by atoms with Gasteiger partial charge in [0.1, 0.15) is 5.60 Å². The molecule has 0 aromatic heterocycles. The molecule has 0 aliphatic carbocycles. The summed E-state index contributed by atoms with van der Waals surface area (Å²) in [6.45, 7) is 7.55. The number of hydrogen-bond acceptors (Lipinski definition) is 3. The van der Waals surface area contributed by atoms with Gasteiger partial charge >= 0.3 is 5.97 Å². The summed E-state index contributed by atoms with van der Waals surface area (Å²) in [5.41, 5.74) is 1.36. The quantitative estimate of drug-likeness (QED) is 0.797. The van der Waals surface area contributed by atoms with Gasteiger partial charge in [0.25, 0.3) is 0 Å². The van der Waals surface area contributed by atoms with E-state index in [9.17, 15) is 4.79 Å². The van der Waals surface area contributed by atoms with Crippen LogP contribution in [-0.2, 0) is 4.74 Å². The van der Waals surface area contributed by atoms with Crippen molar-refractivity contribution in [1.29, 1.82) is 0 Å². The molecule has 1 aliphatic rings. The summed E-state index contributed by atoms with van der Waals surface area (Å²) in [6.07, 6.45) is 0. The van der Waals surface area contributed by atoms with Gasteiger partial charge in [0.15, 0.2) is 0 Å². The number of rotatable bonds is 2. The lowest BCUT2D eigenvalue weighted by Gasteiger charge is -2.29. The fourth-order valence-electron chi connectivity index (χ4n) is 1.88. The van der Waals surface area contributed by atoms with E-state index < -0.39 is 5.60 Å². The van der Waals surface area contributed by atoms with Crippen LogP contribution in [-0.4, -0.2) is 24.7 Å². The first-order valence-electron chi connectivity index (χ1n) is 6.00. The van der Waals surface area contributed by atoms with Crippen molar-refractivity contribution < 1.29 is 9.53 Å². The van der Waals surface area contributed by atoms with Crippen LogP contribution < -0.4 is 5.32 Å². The number of carbonyl (C=O) groups is 1. The monoisotopic (exact) mass is 233 g/mol. The van der Waals surface area contributed by atoms with Gasteiger partial charge in [-0.2, -0.15) is 0 Å². The number of benzene rings is 1. The first-order chi connectivity index (χ1) is 7.97. The molecule has 0 spiro atoms. The Bertz CT molecular complexity index is 416. The molecule has 3 nitrogen and oxygen atoms in total. The van der Waals surface area contributed by atoms with Crippen LogP contribution in [0.2, 0.25) is 0 Å². The lowest BCUT2D eigenvalue weighted by atomic mass is 9.90. The predicted molar refractivity (Wildman–Crippen MR) is 67.2 cm³/mol. The van der Waals surface area contributed by atoms with E-state index in [2.05, 4.69) is 5.32 Å². The van der Waals surface area contributed by atoms with Crippen molar-refractivity contribution in [3.05, 3.63) is 35.4 Å². The summed E-state index contributed by atoms with van der Waals surface area (Å²) >= 11 is 0. The summed E-state index contributed by atoms with van der Waals surface area (Å²) in [4.78, 5) is 12.1. The second kappa shape index (κ2) is 4.49. The molecule has 0 radical (unpaired) electrons. The average molecular weight is 233 g/mol. The summed E-state index contributed by atoms with van der Waals surface area (Å²) in [5, 5.41) is 3.22. The highest BCUT2D eigenvalue weighted by molar-refractivity contribution is 5.91. The third-order valence-corrected chi connectivity index (χ3v) is 2.80. The summed E-state index contributed by atoms with van der Waals surface area (Å²) < 4.78 is 5.42. The van der Waals surface area contributed by atoms with Gasteiger partial charge < -0.3 is 10.1 Å². The van der Waals surface area contributed by atoms with Gasteiger partial charge in [-0.25, -0.2) is 4.79 Å². The van der Waals surface area contributed by atoms with E-state index in [-0.39, 0.29) is 5.97 Å². The SMILES string of the molecule is CC(C)(C)OC(=O)c1ccccc1C1CNC1. The molecule has 1 aliphatic heterocycles. The third kappa shape index (κ3) is 2.86. The maximum atomic E-state index is 12.1. The van der Waals surface area contributed by atoms with E-state index in [1.54, 1.807) is 0 Å². The van der Waals surface area contributed by atoms with Crippen LogP contribution in [0.4, 0.5) is 0 Å². The molecule has 1 aromatic carbocycles. The van der Waals surface area contributed by atoms with Gasteiger partial charge in [0, 0.05) is 19.0 Å². The second-order valence-corrected chi connectivity index (χ2v) is 5.44. The molecule has 0 bridgehead atoms. The van der Waals surface area contributed by atoms with Gasteiger partial charge in [0.05, 0.1) is 5.56 Å². The highest BCUT2D eigenvalue weighted by atomic mass is 16.6. The summed E-state index contributed by atoms with van der Waals surface area (Å²) in [6, 6.07) is 7.73. The molecule has 3 heteroatoms. The van der Waals surface area contributed by atoms with Crippen LogP contribution >= 0.6 is 0 Å². The van der Waals surface area contributed by atoms with Crippen LogP contribution in [0.25, 0.3) is 0 Å². The Kier molecular flexibility index (Phi) is 3.20. The van der Waals surface area contributed by atoms with E-state index in [0.29, 0.717) is 11.5 Å². The molecule has 0 saturated carbocycles. The highest BCUT2D eigenvalue weighted by Gasteiger charge is 2.26. The van der Waals surface area contributed by atoms with E-state index >= 15 is 0 Å². The van der Waals surface area contributed by atoms with Crippen LogP contribution in [0.15, 0.2) is 24.3 Å². The van der Waals surface area contributed by atoms with Gasteiger partial charge in [-0.05, 0) is 32.4 Å². The van der Waals surface area contributed by atoms with Gasteiger partial charge in [-0.3, -0.25) is 0 Å². The lowest BCUT2D eigenvalue weighted by molar-refractivity contribution is 0.00675. The molecule has 1 fully saturated rings. The molecule has 92 valence electrons. The molecule has 0 atom stereocenters. The van der Waals surface area contributed by atoms with Crippen LogP contribution in [0.5, 0.6) is 0 Å². The first-order valence-corrected chi connectivity index (χ1v) is 6.00. The van der Waals surface area contributed by atoms with Gasteiger partial charge in [-0.15, -0.1) is 0 Å². The highest BCUT2D eigenvalue weighted by Crippen LogP contribution is 2.25. The Balaban J connectivity index is 2.22. The Morgan fingerprint density at radius 3 is 2.47 bits per heavy atom. The minimum absolute atomic E-state index is 0.222. The smallest absolute Gasteiger partial charge is 0.338 e. The Hall–Kier alpha value is -1.35. The molecule has 2 rings (SSSR count). The molecule has 1 aromatic rings. The second-order valence-electron chi connectivity index (χ2n) is 5.44.